The van der Waals surface area contributed by atoms with Crippen LogP contribution >= 0.6 is 0 Å². The fraction of sp³-hybridized carbons (Fsp3) is 0.333. The monoisotopic (exact) mass is 488 g/mol. The first-order chi connectivity index (χ1) is 17.2. The Morgan fingerprint density at radius 2 is 1.03 bits per heavy atom. The second-order valence-corrected chi connectivity index (χ2v) is 9.94. The van der Waals surface area contributed by atoms with Crippen LogP contribution in [0.5, 0.6) is 11.5 Å². The zero-order chi connectivity index (χ0) is 26.2. The van der Waals surface area contributed by atoms with Crippen LogP contribution in [0.1, 0.15) is 72.4 Å². The number of hydrogen-bond acceptors (Lipinski definition) is 4. The number of benzene rings is 3. The van der Waals surface area contributed by atoms with E-state index in [1.807, 2.05) is 12.1 Å². The number of carbonyl (C=O) groups is 2. The molecule has 0 aliphatic carbocycles. The van der Waals surface area contributed by atoms with Crippen LogP contribution in [-0.4, -0.2) is 22.0 Å². The van der Waals surface area contributed by atoms with Crippen LogP contribution in [0.2, 0.25) is 0 Å². The molecule has 36 heavy (non-hydrogen) atoms. The Bertz CT molecular complexity index is 1120. The smallest absolute Gasteiger partial charge is 0.259 e. The van der Waals surface area contributed by atoms with E-state index in [9.17, 15) is 19.8 Å². The molecule has 2 amide bonds. The van der Waals surface area contributed by atoms with Gasteiger partial charge in [0.1, 0.15) is 11.5 Å². The minimum absolute atomic E-state index is 0.0840. The summed E-state index contributed by atoms with van der Waals surface area (Å²) in [6.45, 7) is 8.45. The van der Waals surface area contributed by atoms with E-state index in [-0.39, 0.29) is 22.6 Å². The third-order valence-corrected chi connectivity index (χ3v) is 6.12. The van der Waals surface area contributed by atoms with Crippen molar-refractivity contribution in [1.29, 1.82) is 0 Å². The predicted molar refractivity (Wildman–Crippen MR) is 145 cm³/mol. The van der Waals surface area contributed by atoms with E-state index in [4.69, 9.17) is 0 Å². The first-order valence-corrected chi connectivity index (χ1v) is 12.5. The van der Waals surface area contributed by atoms with Crippen molar-refractivity contribution in [3.05, 3.63) is 82.9 Å². The Kier molecular flexibility index (Phi) is 9.12. The molecule has 0 fully saturated rings. The summed E-state index contributed by atoms with van der Waals surface area (Å²) in [6, 6.07) is 17.0. The summed E-state index contributed by atoms with van der Waals surface area (Å²) in [7, 11) is 0. The van der Waals surface area contributed by atoms with Crippen LogP contribution in [0.25, 0.3) is 0 Å². The summed E-state index contributed by atoms with van der Waals surface area (Å²) in [5, 5.41) is 26.6. The van der Waals surface area contributed by atoms with Gasteiger partial charge in [0.2, 0.25) is 0 Å². The van der Waals surface area contributed by atoms with Crippen molar-refractivity contribution in [2.24, 2.45) is 11.8 Å². The van der Waals surface area contributed by atoms with E-state index in [0.29, 0.717) is 36.1 Å². The SMILES string of the molecule is CC(C)CCc1cccc(O)c1C(=O)Nc1ccccc1NC(=O)c1c(O)cccc1CCC(C)C. The lowest BCUT2D eigenvalue weighted by Crippen LogP contribution is -2.19. The van der Waals surface area contributed by atoms with Gasteiger partial charge in [-0.1, -0.05) is 64.1 Å². The molecule has 6 nitrogen and oxygen atoms in total. The number of aromatic hydroxyl groups is 2. The molecule has 3 rings (SSSR count). The maximum absolute atomic E-state index is 13.2. The van der Waals surface area contributed by atoms with Gasteiger partial charge in [-0.05, 0) is 72.9 Å². The number of anilines is 2. The summed E-state index contributed by atoms with van der Waals surface area (Å²) in [5.41, 5.74) is 2.80. The number of carbonyl (C=O) groups excluding carboxylic acids is 2. The van der Waals surface area contributed by atoms with E-state index in [2.05, 4.69) is 38.3 Å². The molecule has 0 aliphatic rings. The molecule has 0 bridgehead atoms. The Morgan fingerprint density at radius 3 is 1.39 bits per heavy atom. The third kappa shape index (κ3) is 6.87. The Labute approximate surface area is 213 Å². The molecule has 0 atom stereocenters. The number of amides is 2. The Hall–Kier alpha value is -3.80. The van der Waals surface area contributed by atoms with Gasteiger partial charge in [0.05, 0.1) is 22.5 Å². The van der Waals surface area contributed by atoms with Crippen LogP contribution in [0.3, 0.4) is 0 Å². The predicted octanol–water partition coefficient (Wildman–Crippen LogP) is 6.78. The van der Waals surface area contributed by atoms with Gasteiger partial charge in [0.15, 0.2) is 0 Å². The average molecular weight is 489 g/mol. The number of phenolic OH excluding ortho intramolecular Hbond substituents is 2. The maximum atomic E-state index is 13.2. The summed E-state index contributed by atoms with van der Waals surface area (Å²) in [6.07, 6.45) is 3.10. The molecule has 0 aromatic heterocycles. The normalized spacial score (nSPS) is 11.1. The van der Waals surface area contributed by atoms with E-state index in [0.717, 1.165) is 24.0 Å². The molecular formula is C30H36N2O4. The fourth-order valence-electron chi connectivity index (χ4n) is 4.07. The largest absolute Gasteiger partial charge is 0.507 e. The molecule has 3 aromatic rings. The standard InChI is InChI=1S/C30H36N2O4/c1-19(2)15-17-21-9-7-13-25(33)27(21)29(35)31-23-11-5-6-12-24(23)32-30(36)28-22(18-16-20(3)4)10-8-14-26(28)34/h5-14,19-20,33-34H,15-18H2,1-4H3,(H,31,35)(H,32,36). The van der Waals surface area contributed by atoms with Crippen LogP contribution < -0.4 is 10.6 Å². The van der Waals surface area contributed by atoms with E-state index < -0.39 is 11.8 Å². The third-order valence-electron chi connectivity index (χ3n) is 6.12. The van der Waals surface area contributed by atoms with Crippen LogP contribution in [0, 0.1) is 11.8 Å². The highest BCUT2D eigenvalue weighted by Gasteiger charge is 2.20. The van der Waals surface area contributed by atoms with Crippen molar-refractivity contribution in [2.75, 3.05) is 10.6 Å². The summed E-state index contributed by atoms with van der Waals surface area (Å²) in [4.78, 5) is 26.5. The highest BCUT2D eigenvalue weighted by atomic mass is 16.3. The van der Waals surface area contributed by atoms with Crippen LogP contribution in [-0.2, 0) is 12.8 Å². The summed E-state index contributed by atoms with van der Waals surface area (Å²) in [5.74, 6) is -0.154. The molecule has 3 aromatic carbocycles. The minimum atomic E-state index is -0.450. The van der Waals surface area contributed by atoms with Gasteiger partial charge >= 0.3 is 0 Å². The molecule has 4 N–H and O–H groups in total. The lowest BCUT2D eigenvalue weighted by atomic mass is 9.97. The quantitative estimate of drug-likeness (QED) is 0.253. The van der Waals surface area contributed by atoms with Gasteiger partial charge in [-0.3, -0.25) is 9.59 Å². The molecular weight excluding hydrogens is 452 g/mol. The number of para-hydroxylation sites is 2. The van der Waals surface area contributed by atoms with Crippen molar-refractivity contribution < 1.29 is 19.8 Å². The Morgan fingerprint density at radius 1 is 0.639 bits per heavy atom. The number of rotatable bonds is 10. The van der Waals surface area contributed by atoms with Gasteiger partial charge in [0, 0.05) is 0 Å². The molecule has 6 heteroatoms. The second-order valence-electron chi connectivity index (χ2n) is 9.94. The summed E-state index contributed by atoms with van der Waals surface area (Å²) >= 11 is 0. The number of phenols is 2. The van der Waals surface area contributed by atoms with Gasteiger partial charge in [0.25, 0.3) is 11.8 Å². The molecule has 0 aliphatic heterocycles. The fourth-order valence-corrected chi connectivity index (χ4v) is 4.07. The first kappa shape index (κ1) is 26.8. The molecule has 190 valence electrons. The molecule has 0 radical (unpaired) electrons. The second kappa shape index (κ2) is 12.2. The van der Waals surface area contributed by atoms with Crippen molar-refractivity contribution >= 4 is 23.2 Å². The number of aryl methyl sites for hydroxylation is 2. The van der Waals surface area contributed by atoms with Crippen molar-refractivity contribution in [1.82, 2.24) is 0 Å². The van der Waals surface area contributed by atoms with Crippen molar-refractivity contribution in [3.63, 3.8) is 0 Å². The maximum Gasteiger partial charge on any atom is 0.259 e. The highest BCUT2D eigenvalue weighted by Crippen LogP contribution is 2.29. The van der Waals surface area contributed by atoms with E-state index in [1.165, 1.54) is 12.1 Å². The molecule has 0 saturated carbocycles. The average Bonchev–Trinajstić information content (AvgIpc) is 2.82. The molecule has 0 unspecified atom stereocenters. The first-order valence-electron chi connectivity index (χ1n) is 12.5. The lowest BCUT2D eigenvalue weighted by Gasteiger charge is -2.17. The topological polar surface area (TPSA) is 98.7 Å². The van der Waals surface area contributed by atoms with Gasteiger partial charge < -0.3 is 20.8 Å². The van der Waals surface area contributed by atoms with Crippen LogP contribution in [0.15, 0.2) is 60.7 Å². The van der Waals surface area contributed by atoms with E-state index in [1.54, 1.807) is 36.4 Å². The lowest BCUT2D eigenvalue weighted by molar-refractivity contribution is 0.101. The number of hydrogen-bond donors (Lipinski definition) is 4. The zero-order valence-corrected chi connectivity index (χ0v) is 21.5. The zero-order valence-electron chi connectivity index (χ0n) is 21.5. The van der Waals surface area contributed by atoms with Gasteiger partial charge in [-0.15, -0.1) is 0 Å². The van der Waals surface area contributed by atoms with Crippen molar-refractivity contribution in [2.45, 2.75) is 53.4 Å². The van der Waals surface area contributed by atoms with Crippen LogP contribution in [0.4, 0.5) is 11.4 Å². The molecule has 0 heterocycles. The van der Waals surface area contributed by atoms with E-state index >= 15 is 0 Å². The molecule has 0 saturated heterocycles. The van der Waals surface area contributed by atoms with Gasteiger partial charge in [-0.25, -0.2) is 0 Å². The summed E-state index contributed by atoms with van der Waals surface area (Å²) < 4.78 is 0. The minimum Gasteiger partial charge on any atom is -0.507 e. The highest BCUT2D eigenvalue weighted by molar-refractivity contribution is 6.12. The van der Waals surface area contributed by atoms with Crippen molar-refractivity contribution in [3.8, 4) is 11.5 Å². The molecule has 0 spiro atoms. The van der Waals surface area contributed by atoms with Gasteiger partial charge in [-0.2, -0.15) is 0 Å². The number of nitrogens with one attached hydrogen (secondary N) is 2. The Balaban J connectivity index is 1.85.